The van der Waals surface area contributed by atoms with Crippen molar-refractivity contribution in [2.24, 2.45) is 0 Å². The van der Waals surface area contributed by atoms with E-state index in [1.165, 1.54) is 49.5 Å². The van der Waals surface area contributed by atoms with Crippen molar-refractivity contribution in [3.05, 3.63) is 83.7 Å². The fraction of sp³-hybridized carbons (Fsp3) is 0.412. The highest BCUT2D eigenvalue weighted by atomic mass is 32.2. The van der Waals surface area contributed by atoms with Crippen LogP contribution in [0.15, 0.2) is 71.6 Å². The topological polar surface area (TPSA) is 105 Å². The molecule has 1 saturated carbocycles. The highest BCUT2D eigenvalue weighted by Gasteiger charge is 2.35. The van der Waals surface area contributed by atoms with Crippen LogP contribution in [-0.4, -0.2) is 58.0 Å². The summed E-state index contributed by atoms with van der Waals surface area (Å²) in [6.07, 6.45) is 5.30. The quantitative estimate of drug-likeness (QED) is 0.261. The maximum absolute atomic E-state index is 14.3. The predicted molar refractivity (Wildman–Crippen MR) is 171 cm³/mol. The van der Waals surface area contributed by atoms with E-state index in [-0.39, 0.29) is 34.8 Å². The van der Waals surface area contributed by atoms with Gasteiger partial charge in [-0.15, -0.1) is 0 Å². The summed E-state index contributed by atoms with van der Waals surface area (Å²) in [4.78, 5) is 29.3. The zero-order valence-corrected chi connectivity index (χ0v) is 27.1. The summed E-state index contributed by atoms with van der Waals surface area (Å²) >= 11 is 0. The molecular weight excluding hydrogens is 597 g/mol. The van der Waals surface area contributed by atoms with Crippen LogP contribution in [0.1, 0.15) is 56.6 Å². The minimum atomic E-state index is -4.38. The largest absolute Gasteiger partial charge is 0.493 e. The van der Waals surface area contributed by atoms with E-state index in [1.807, 2.05) is 38.1 Å². The molecule has 0 bridgehead atoms. The lowest BCUT2D eigenvalue weighted by atomic mass is 9.95. The molecule has 0 saturated heterocycles. The number of hydrogen-bond donors (Lipinski definition) is 1. The summed E-state index contributed by atoms with van der Waals surface area (Å²) in [6, 6.07) is 15.8. The molecule has 1 aliphatic carbocycles. The minimum absolute atomic E-state index is 0.0392. The Morgan fingerprint density at radius 3 is 2.27 bits per heavy atom. The first-order valence-corrected chi connectivity index (χ1v) is 16.7. The highest BCUT2D eigenvalue weighted by Crippen LogP contribution is 2.32. The molecule has 1 aliphatic rings. The summed E-state index contributed by atoms with van der Waals surface area (Å²) in [7, 11) is -1.55. The maximum atomic E-state index is 14.3. The van der Waals surface area contributed by atoms with Crippen LogP contribution in [0, 0.1) is 12.7 Å². The number of aryl methyl sites for hydroxylation is 1. The predicted octanol–water partition coefficient (Wildman–Crippen LogP) is 5.60. The minimum Gasteiger partial charge on any atom is -0.493 e. The lowest BCUT2D eigenvalue weighted by molar-refractivity contribution is -0.140. The normalized spacial score (nSPS) is 14.3. The number of carbonyl (C=O) groups excluding carboxylic acids is 2. The second-order valence-electron chi connectivity index (χ2n) is 11.3. The van der Waals surface area contributed by atoms with Crippen molar-refractivity contribution in [3.8, 4) is 11.5 Å². The van der Waals surface area contributed by atoms with E-state index >= 15 is 0 Å². The molecule has 0 unspecified atom stereocenters. The maximum Gasteiger partial charge on any atom is 0.264 e. The lowest BCUT2D eigenvalue weighted by Gasteiger charge is -2.34. The van der Waals surface area contributed by atoms with Gasteiger partial charge in [-0.1, -0.05) is 56.0 Å². The van der Waals surface area contributed by atoms with Crippen molar-refractivity contribution in [3.63, 3.8) is 0 Å². The third-order valence-corrected chi connectivity index (χ3v) is 9.88. The summed E-state index contributed by atoms with van der Waals surface area (Å²) in [5, 5.41) is 3.14. The molecular formula is C34H42FN3O6S. The van der Waals surface area contributed by atoms with E-state index in [1.54, 1.807) is 0 Å². The Hall–Kier alpha value is -4.12. The molecule has 45 heavy (non-hydrogen) atoms. The van der Waals surface area contributed by atoms with Gasteiger partial charge in [0.05, 0.1) is 24.8 Å². The first kappa shape index (κ1) is 33.8. The Balaban J connectivity index is 1.73. The van der Waals surface area contributed by atoms with Gasteiger partial charge in [0.25, 0.3) is 10.0 Å². The molecule has 3 aromatic carbocycles. The van der Waals surface area contributed by atoms with E-state index in [9.17, 15) is 22.4 Å². The van der Waals surface area contributed by atoms with Crippen LogP contribution in [0.4, 0.5) is 10.1 Å². The van der Waals surface area contributed by atoms with Crippen molar-refractivity contribution in [2.45, 2.75) is 75.9 Å². The van der Waals surface area contributed by atoms with Crippen LogP contribution >= 0.6 is 0 Å². The second kappa shape index (κ2) is 15.2. The Morgan fingerprint density at radius 2 is 1.64 bits per heavy atom. The molecule has 1 atom stereocenters. The van der Waals surface area contributed by atoms with Crippen molar-refractivity contribution < 1.29 is 31.9 Å². The molecule has 9 nitrogen and oxygen atoms in total. The molecule has 11 heteroatoms. The van der Waals surface area contributed by atoms with Crippen molar-refractivity contribution in [1.82, 2.24) is 10.2 Å². The summed E-state index contributed by atoms with van der Waals surface area (Å²) < 4.78 is 53.8. The van der Waals surface area contributed by atoms with Crippen molar-refractivity contribution in [2.75, 3.05) is 25.1 Å². The summed E-state index contributed by atoms with van der Waals surface area (Å²) in [6.45, 7) is 3.25. The number of ether oxygens (including phenoxy) is 2. The Morgan fingerprint density at radius 1 is 0.956 bits per heavy atom. The molecule has 4 rings (SSSR count). The molecule has 0 spiro atoms. The van der Waals surface area contributed by atoms with Gasteiger partial charge < -0.3 is 19.7 Å². The number of anilines is 1. The van der Waals surface area contributed by atoms with Crippen LogP contribution in [0.25, 0.3) is 0 Å². The average molecular weight is 640 g/mol. The number of nitrogens with zero attached hydrogens (tertiary/aromatic N) is 2. The molecule has 242 valence electrons. The second-order valence-corrected chi connectivity index (χ2v) is 13.1. The van der Waals surface area contributed by atoms with Gasteiger partial charge >= 0.3 is 0 Å². The van der Waals surface area contributed by atoms with Gasteiger partial charge in [-0.05, 0) is 68.1 Å². The van der Waals surface area contributed by atoms with Crippen LogP contribution in [0.2, 0.25) is 0 Å². The first-order valence-electron chi connectivity index (χ1n) is 15.2. The SMILES string of the molecule is CC[C@@H](C(=O)NC1CCCCC1)N(Cc1cccc(C)c1)C(=O)CN(c1ccc(F)cc1)S(=O)(=O)c1ccc(OC)c(OC)c1. The number of halogens is 1. The molecule has 1 fully saturated rings. The summed E-state index contributed by atoms with van der Waals surface area (Å²) in [5.41, 5.74) is 1.89. The number of rotatable bonds is 13. The van der Waals surface area contributed by atoms with Crippen molar-refractivity contribution in [1.29, 1.82) is 0 Å². The number of amides is 2. The van der Waals surface area contributed by atoms with Gasteiger partial charge in [-0.3, -0.25) is 13.9 Å². The van der Waals surface area contributed by atoms with Crippen LogP contribution in [-0.2, 0) is 26.2 Å². The number of benzene rings is 3. The van der Waals surface area contributed by atoms with Crippen LogP contribution < -0.4 is 19.1 Å². The van der Waals surface area contributed by atoms with E-state index in [0.717, 1.165) is 59.7 Å². The lowest BCUT2D eigenvalue weighted by Crippen LogP contribution is -2.54. The zero-order chi connectivity index (χ0) is 32.6. The molecule has 0 radical (unpaired) electrons. The van der Waals surface area contributed by atoms with Crippen LogP contribution in [0.3, 0.4) is 0 Å². The molecule has 0 heterocycles. The monoisotopic (exact) mass is 639 g/mol. The van der Waals surface area contributed by atoms with Crippen LogP contribution in [0.5, 0.6) is 11.5 Å². The average Bonchev–Trinajstić information content (AvgIpc) is 3.04. The van der Waals surface area contributed by atoms with Gasteiger partial charge in [0, 0.05) is 18.7 Å². The number of carbonyl (C=O) groups is 2. The first-order chi connectivity index (χ1) is 21.6. The number of nitrogens with one attached hydrogen (secondary N) is 1. The molecule has 0 aromatic heterocycles. The third-order valence-electron chi connectivity index (χ3n) is 8.11. The Labute approximate surface area is 265 Å². The van der Waals surface area contributed by atoms with Gasteiger partial charge in [0.15, 0.2) is 11.5 Å². The van der Waals surface area contributed by atoms with Gasteiger partial charge in [-0.25, -0.2) is 12.8 Å². The Kier molecular flexibility index (Phi) is 11.4. The van der Waals surface area contributed by atoms with Gasteiger partial charge in [-0.2, -0.15) is 0 Å². The fourth-order valence-electron chi connectivity index (χ4n) is 5.71. The molecule has 0 aliphatic heterocycles. The van der Waals surface area contributed by atoms with E-state index in [4.69, 9.17) is 9.47 Å². The Bertz CT molecular complexity index is 1570. The van der Waals surface area contributed by atoms with Gasteiger partial charge in [0.2, 0.25) is 11.8 Å². The number of sulfonamides is 1. The van der Waals surface area contributed by atoms with Crippen molar-refractivity contribution >= 4 is 27.5 Å². The van der Waals surface area contributed by atoms with Gasteiger partial charge in [0.1, 0.15) is 18.4 Å². The smallest absolute Gasteiger partial charge is 0.264 e. The zero-order valence-electron chi connectivity index (χ0n) is 26.3. The number of methoxy groups -OCH3 is 2. The molecule has 2 amide bonds. The van der Waals surface area contributed by atoms with E-state index < -0.39 is 34.3 Å². The standard InChI is InChI=1S/C34H42FN3O6S/c1-5-30(34(40)36-27-12-7-6-8-13-27)37(22-25-11-9-10-24(2)20-25)33(39)23-38(28-16-14-26(35)15-17-28)45(41,42)29-18-19-31(43-3)32(21-29)44-4/h9-11,14-21,27,30H,5-8,12-13,22-23H2,1-4H3,(H,36,40)/t30-/m0/s1. The third kappa shape index (κ3) is 8.33. The van der Waals surface area contributed by atoms with E-state index in [0.29, 0.717) is 12.2 Å². The highest BCUT2D eigenvalue weighted by molar-refractivity contribution is 7.92. The molecule has 3 aromatic rings. The fourth-order valence-corrected chi connectivity index (χ4v) is 7.14. The molecule has 1 N–H and O–H groups in total. The van der Waals surface area contributed by atoms with E-state index in [2.05, 4.69) is 5.32 Å². The number of hydrogen-bond acceptors (Lipinski definition) is 6. The summed E-state index contributed by atoms with van der Waals surface area (Å²) in [5.74, 6) is -0.868.